The number of hydrogen-bond donors (Lipinski definition) is 1. The highest BCUT2D eigenvalue weighted by Gasteiger charge is 2.39. The second kappa shape index (κ2) is 7.21. The molecular weight excluding hydrogens is 334 g/mol. The van der Waals surface area contributed by atoms with E-state index in [1.807, 2.05) is 18.2 Å². The van der Waals surface area contributed by atoms with Crippen molar-refractivity contribution in [3.05, 3.63) is 42.1 Å². The summed E-state index contributed by atoms with van der Waals surface area (Å²) in [4.78, 5) is 14.8. The number of piperidine rings is 1. The lowest BCUT2D eigenvalue weighted by Gasteiger charge is -2.37. The largest absolute Gasteiger partial charge is 0.356 e. The van der Waals surface area contributed by atoms with Crippen molar-refractivity contribution in [1.82, 2.24) is 20.2 Å². The highest BCUT2D eigenvalue weighted by Crippen LogP contribution is 2.31. The Hall–Kier alpha value is -1.98. The first-order valence-corrected chi connectivity index (χ1v) is 10.4. The topological polar surface area (TPSA) is 44.3 Å². The minimum absolute atomic E-state index is 0.753. The van der Waals surface area contributed by atoms with Crippen LogP contribution in [0.1, 0.15) is 18.5 Å². The molecule has 1 aromatic heterocycles. The number of fused-ring (bicyclic) bond motifs is 1. The quantitative estimate of drug-likeness (QED) is 0.908. The van der Waals surface area contributed by atoms with E-state index < -0.39 is 0 Å². The first-order valence-electron chi connectivity index (χ1n) is 10.4. The van der Waals surface area contributed by atoms with E-state index in [4.69, 9.17) is 4.98 Å². The predicted octanol–water partition coefficient (Wildman–Crippen LogP) is 2.57. The molecule has 2 atom stereocenters. The monoisotopic (exact) mass is 363 g/mol. The summed E-state index contributed by atoms with van der Waals surface area (Å²) >= 11 is 0. The van der Waals surface area contributed by atoms with E-state index in [0.717, 1.165) is 53.9 Å². The number of likely N-dealkylation sites (tertiary alicyclic amines) is 1. The summed E-state index contributed by atoms with van der Waals surface area (Å²) in [7, 11) is 0. The second-order valence-corrected chi connectivity index (χ2v) is 8.41. The first kappa shape index (κ1) is 17.1. The Morgan fingerprint density at radius 3 is 2.37 bits per heavy atom. The number of nitrogens with one attached hydrogen (secondary N) is 1. The number of rotatable bonds is 3. The summed E-state index contributed by atoms with van der Waals surface area (Å²) in [6.07, 6.45) is 2.49. The molecule has 3 saturated heterocycles. The average molecular weight is 364 g/mol. The Kier molecular flexibility index (Phi) is 4.58. The van der Waals surface area contributed by atoms with Gasteiger partial charge in [-0.05, 0) is 44.7 Å². The van der Waals surface area contributed by atoms with E-state index in [0.29, 0.717) is 0 Å². The van der Waals surface area contributed by atoms with Gasteiger partial charge < -0.3 is 10.2 Å². The van der Waals surface area contributed by atoms with Gasteiger partial charge in [-0.2, -0.15) is 0 Å². The normalized spacial score (nSPS) is 26.5. The fourth-order valence-electron chi connectivity index (χ4n) is 5.08. The molecule has 0 unspecified atom stereocenters. The molecule has 2 aromatic rings. The third-order valence-electron chi connectivity index (χ3n) is 6.60. The molecule has 3 aliphatic heterocycles. The van der Waals surface area contributed by atoms with E-state index >= 15 is 0 Å². The Labute approximate surface area is 161 Å². The molecule has 0 radical (unpaired) electrons. The van der Waals surface area contributed by atoms with Crippen LogP contribution in [0.25, 0.3) is 11.4 Å². The predicted molar refractivity (Wildman–Crippen MR) is 109 cm³/mol. The van der Waals surface area contributed by atoms with Gasteiger partial charge in [-0.1, -0.05) is 30.3 Å². The van der Waals surface area contributed by atoms with Crippen molar-refractivity contribution < 1.29 is 0 Å². The SMILES string of the molecule is Cc1cc(N2CCC(N3C[C@H]4CNC[C@H]4C3)CC2)nc(-c2ccccc2)n1. The van der Waals surface area contributed by atoms with Gasteiger partial charge >= 0.3 is 0 Å². The van der Waals surface area contributed by atoms with Crippen LogP contribution in [-0.4, -0.2) is 60.2 Å². The molecule has 0 amide bonds. The van der Waals surface area contributed by atoms with Crippen LogP contribution >= 0.6 is 0 Å². The standard InChI is InChI=1S/C22H29N5/c1-16-11-21(25-22(24-16)17-5-3-2-4-6-17)26-9-7-20(8-10-26)27-14-18-12-23-13-19(18)15-27/h2-6,11,18-20,23H,7-10,12-15H2,1H3/t18-,19+. The number of benzene rings is 1. The van der Waals surface area contributed by atoms with Crippen LogP contribution in [0, 0.1) is 18.8 Å². The minimum Gasteiger partial charge on any atom is -0.356 e. The van der Waals surface area contributed by atoms with Crippen LogP contribution in [0.2, 0.25) is 0 Å². The number of nitrogens with zero attached hydrogens (tertiary/aromatic N) is 4. The number of aromatic nitrogens is 2. The van der Waals surface area contributed by atoms with Crippen molar-refractivity contribution in [1.29, 1.82) is 0 Å². The Morgan fingerprint density at radius 2 is 1.67 bits per heavy atom. The minimum atomic E-state index is 0.753. The van der Waals surface area contributed by atoms with Gasteiger partial charge in [0, 0.05) is 49.5 Å². The van der Waals surface area contributed by atoms with Crippen molar-refractivity contribution in [2.24, 2.45) is 11.8 Å². The van der Waals surface area contributed by atoms with E-state index in [1.54, 1.807) is 0 Å². The third kappa shape index (κ3) is 3.46. The molecule has 0 spiro atoms. The summed E-state index contributed by atoms with van der Waals surface area (Å²) in [6.45, 7) is 9.31. The molecule has 1 aromatic carbocycles. The van der Waals surface area contributed by atoms with Crippen molar-refractivity contribution in [3.63, 3.8) is 0 Å². The van der Waals surface area contributed by atoms with Gasteiger partial charge in [-0.15, -0.1) is 0 Å². The van der Waals surface area contributed by atoms with Crippen LogP contribution < -0.4 is 10.2 Å². The van der Waals surface area contributed by atoms with Gasteiger partial charge in [-0.25, -0.2) is 9.97 Å². The van der Waals surface area contributed by atoms with E-state index in [1.165, 1.54) is 39.0 Å². The van der Waals surface area contributed by atoms with Crippen LogP contribution in [0.3, 0.4) is 0 Å². The zero-order chi connectivity index (χ0) is 18.2. The van der Waals surface area contributed by atoms with Gasteiger partial charge in [0.15, 0.2) is 5.82 Å². The molecule has 0 bridgehead atoms. The molecule has 142 valence electrons. The smallest absolute Gasteiger partial charge is 0.161 e. The van der Waals surface area contributed by atoms with E-state index in [-0.39, 0.29) is 0 Å². The maximum absolute atomic E-state index is 4.89. The Bertz CT molecular complexity index is 773. The maximum Gasteiger partial charge on any atom is 0.161 e. The highest BCUT2D eigenvalue weighted by molar-refractivity contribution is 5.57. The zero-order valence-corrected chi connectivity index (χ0v) is 16.1. The summed E-state index contributed by atoms with van der Waals surface area (Å²) < 4.78 is 0. The molecule has 5 nitrogen and oxygen atoms in total. The van der Waals surface area contributed by atoms with Crippen LogP contribution in [0.15, 0.2) is 36.4 Å². The second-order valence-electron chi connectivity index (χ2n) is 8.41. The lowest BCUT2D eigenvalue weighted by atomic mass is 10.0. The fourth-order valence-corrected chi connectivity index (χ4v) is 5.08. The van der Waals surface area contributed by atoms with Crippen LogP contribution in [-0.2, 0) is 0 Å². The summed E-state index contributed by atoms with van der Waals surface area (Å²) in [6, 6.07) is 13.2. The van der Waals surface area contributed by atoms with Gasteiger partial charge in [-0.3, -0.25) is 4.90 Å². The van der Waals surface area contributed by atoms with Crippen LogP contribution in [0.4, 0.5) is 5.82 Å². The molecule has 0 saturated carbocycles. The molecule has 27 heavy (non-hydrogen) atoms. The van der Waals surface area contributed by atoms with Crippen molar-refractivity contribution >= 4 is 5.82 Å². The van der Waals surface area contributed by atoms with Crippen LogP contribution in [0.5, 0.6) is 0 Å². The van der Waals surface area contributed by atoms with Gasteiger partial charge in [0.2, 0.25) is 0 Å². The molecule has 0 aliphatic carbocycles. The van der Waals surface area contributed by atoms with Crippen molar-refractivity contribution in [3.8, 4) is 11.4 Å². The average Bonchev–Trinajstić information content (AvgIpc) is 3.31. The Balaban J connectivity index is 1.26. The summed E-state index contributed by atoms with van der Waals surface area (Å²) in [5.74, 6) is 3.71. The molecule has 3 aliphatic rings. The number of anilines is 1. The lowest BCUT2D eigenvalue weighted by Crippen LogP contribution is -2.45. The zero-order valence-electron chi connectivity index (χ0n) is 16.1. The van der Waals surface area contributed by atoms with Crippen molar-refractivity contribution in [2.75, 3.05) is 44.2 Å². The summed E-state index contributed by atoms with van der Waals surface area (Å²) in [5.41, 5.74) is 2.13. The molecule has 5 heteroatoms. The van der Waals surface area contributed by atoms with E-state index in [2.05, 4.69) is 45.2 Å². The molecule has 4 heterocycles. The molecular formula is C22H29N5. The Morgan fingerprint density at radius 1 is 0.963 bits per heavy atom. The lowest BCUT2D eigenvalue weighted by molar-refractivity contribution is 0.194. The molecule has 3 fully saturated rings. The van der Waals surface area contributed by atoms with Gasteiger partial charge in [0.1, 0.15) is 5.82 Å². The van der Waals surface area contributed by atoms with Gasteiger partial charge in [0.25, 0.3) is 0 Å². The summed E-state index contributed by atoms with van der Waals surface area (Å²) in [5, 5.41) is 3.55. The maximum atomic E-state index is 4.89. The van der Waals surface area contributed by atoms with Gasteiger partial charge in [0.05, 0.1) is 0 Å². The fraction of sp³-hybridized carbons (Fsp3) is 0.545. The highest BCUT2D eigenvalue weighted by atomic mass is 15.3. The number of hydrogen-bond acceptors (Lipinski definition) is 5. The number of aryl methyl sites for hydroxylation is 1. The molecule has 1 N–H and O–H groups in total. The van der Waals surface area contributed by atoms with E-state index in [9.17, 15) is 0 Å². The third-order valence-corrected chi connectivity index (χ3v) is 6.60. The molecule has 5 rings (SSSR count). The van der Waals surface area contributed by atoms with Crippen molar-refractivity contribution in [2.45, 2.75) is 25.8 Å². The first-order chi connectivity index (χ1) is 13.3.